The number of carbonyl (C=O) groups excluding carboxylic acids is 1. The third kappa shape index (κ3) is 2.82. The van der Waals surface area contributed by atoms with Crippen molar-refractivity contribution in [1.29, 1.82) is 0 Å². The first-order valence-electron chi connectivity index (χ1n) is 6.44. The molecule has 2 aliphatic rings. The minimum Gasteiger partial charge on any atom is -0.445 e. The van der Waals surface area contributed by atoms with Gasteiger partial charge in [-0.1, -0.05) is 30.3 Å². The van der Waals surface area contributed by atoms with Crippen LogP contribution in [0.2, 0.25) is 0 Å². The van der Waals surface area contributed by atoms with Gasteiger partial charge in [0.2, 0.25) is 0 Å². The summed E-state index contributed by atoms with van der Waals surface area (Å²) in [7, 11) is 0. The van der Waals surface area contributed by atoms with Gasteiger partial charge in [-0.2, -0.15) is 0 Å². The van der Waals surface area contributed by atoms with Crippen molar-refractivity contribution in [2.45, 2.75) is 44.1 Å². The molecule has 1 aromatic carbocycles. The lowest BCUT2D eigenvalue weighted by molar-refractivity contribution is 0.133. The molecule has 1 aromatic rings. The van der Waals surface area contributed by atoms with Crippen molar-refractivity contribution >= 4 is 6.09 Å². The Balaban J connectivity index is 1.41. The van der Waals surface area contributed by atoms with Crippen molar-refractivity contribution in [2.75, 3.05) is 0 Å². The molecular formula is C14H17NO3. The molecule has 0 unspecified atom stereocenters. The molecule has 1 heterocycles. The van der Waals surface area contributed by atoms with Crippen LogP contribution in [0.25, 0.3) is 0 Å². The number of epoxide rings is 1. The van der Waals surface area contributed by atoms with Crippen LogP contribution >= 0.6 is 0 Å². The van der Waals surface area contributed by atoms with Gasteiger partial charge in [-0.15, -0.1) is 0 Å². The van der Waals surface area contributed by atoms with Crippen molar-refractivity contribution in [3.05, 3.63) is 35.9 Å². The van der Waals surface area contributed by atoms with E-state index < -0.39 is 0 Å². The van der Waals surface area contributed by atoms with Gasteiger partial charge < -0.3 is 14.8 Å². The van der Waals surface area contributed by atoms with Gasteiger partial charge in [0.05, 0.1) is 12.2 Å². The van der Waals surface area contributed by atoms with Crippen molar-refractivity contribution in [3.8, 4) is 0 Å². The van der Waals surface area contributed by atoms with Crippen LogP contribution < -0.4 is 5.32 Å². The van der Waals surface area contributed by atoms with E-state index in [2.05, 4.69) is 5.32 Å². The summed E-state index contributed by atoms with van der Waals surface area (Å²) in [6.07, 6.45) is 3.46. The predicted octanol–water partition coefficient (Wildman–Crippen LogP) is 2.23. The Morgan fingerprint density at radius 3 is 2.89 bits per heavy atom. The van der Waals surface area contributed by atoms with Gasteiger partial charge in [-0.25, -0.2) is 4.79 Å². The molecule has 3 rings (SSSR count). The summed E-state index contributed by atoms with van der Waals surface area (Å²) < 4.78 is 10.6. The number of fused-ring (bicyclic) bond motifs is 1. The molecule has 4 nitrogen and oxygen atoms in total. The molecule has 1 aliphatic heterocycles. The number of hydrogen-bond donors (Lipinski definition) is 1. The van der Waals surface area contributed by atoms with Gasteiger partial charge in [0.1, 0.15) is 6.61 Å². The Kier molecular flexibility index (Phi) is 3.19. The molecule has 4 heteroatoms. The zero-order chi connectivity index (χ0) is 12.4. The fourth-order valence-corrected chi connectivity index (χ4v) is 2.47. The average molecular weight is 247 g/mol. The van der Waals surface area contributed by atoms with Crippen LogP contribution in [-0.2, 0) is 16.1 Å². The average Bonchev–Trinajstić information content (AvgIpc) is 3.16. The summed E-state index contributed by atoms with van der Waals surface area (Å²) in [5.74, 6) is 0. The van der Waals surface area contributed by atoms with E-state index in [1.54, 1.807) is 0 Å². The lowest BCUT2D eigenvalue weighted by atomic mass is 9.96. The van der Waals surface area contributed by atoms with Crippen molar-refractivity contribution in [3.63, 3.8) is 0 Å². The van der Waals surface area contributed by atoms with E-state index in [1.165, 1.54) is 0 Å². The van der Waals surface area contributed by atoms with E-state index in [9.17, 15) is 4.79 Å². The van der Waals surface area contributed by atoms with Crippen molar-refractivity contribution < 1.29 is 14.3 Å². The van der Waals surface area contributed by atoms with Crippen LogP contribution in [0.15, 0.2) is 30.3 Å². The zero-order valence-electron chi connectivity index (χ0n) is 10.2. The highest BCUT2D eigenvalue weighted by molar-refractivity contribution is 5.67. The second-order valence-electron chi connectivity index (χ2n) is 4.93. The van der Waals surface area contributed by atoms with Gasteiger partial charge in [0.15, 0.2) is 0 Å². The highest BCUT2D eigenvalue weighted by atomic mass is 16.6. The number of benzene rings is 1. The first-order chi connectivity index (χ1) is 8.81. The standard InChI is InChI=1S/C14H17NO3/c16-14(17-9-10-4-2-1-3-5-10)15-11-6-7-12-13(8-11)18-12/h1-5,11-13H,6-9H2,(H,15,16)/t11-,12-,13+/m1/s1. The van der Waals surface area contributed by atoms with E-state index >= 15 is 0 Å². The van der Waals surface area contributed by atoms with Crippen LogP contribution in [0.3, 0.4) is 0 Å². The second-order valence-corrected chi connectivity index (χ2v) is 4.93. The fourth-order valence-electron chi connectivity index (χ4n) is 2.47. The van der Waals surface area contributed by atoms with Gasteiger partial charge >= 0.3 is 6.09 Å². The molecule has 1 saturated carbocycles. The Labute approximate surface area is 106 Å². The van der Waals surface area contributed by atoms with Crippen LogP contribution in [0.4, 0.5) is 4.79 Å². The summed E-state index contributed by atoms with van der Waals surface area (Å²) in [6, 6.07) is 9.90. The molecule has 96 valence electrons. The van der Waals surface area contributed by atoms with E-state index in [4.69, 9.17) is 9.47 Å². The largest absolute Gasteiger partial charge is 0.445 e. The maximum atomic E-state index is 11.6. The van der Waals surface area contributed by atoms with E-state index in [0.717, 1.165) is 24.8 Å². The molecule has 2 fully saturated rings. The normalized spacial score (nSPS) is 29.2. The molecule has 1 amide bonds. The number of nitrogens with one attached hydrogen (secondary N) is 1. The Bertz CT molecular complexity index is 420. The van der Waals surface area contributed by atoms with E-state index in [0.29, 0.717) is 18.8 Å². The number of hydrogen-bond acceptors (Lipinski definition) is 3. The summed E-state index contributed by atoms with van der Waals surface area (Å²) in [6.45, 7) is 0.321. The molecule has 0 aromatic heterocycles. The molecular weight excluding hydrogens is 230 g/mol. The minimum absolute atomic E-state index is 0.206. The van der Waals surface area contributed by atoms with E-state index in [1.807, 2.05) is 30.3 Å². The first kappa shape index (κ1) is 11.5. The molecule has 1 saturated heterocycles. The summed E-state index contributed by atoms with van der Waals surface area (Å²) >= 11 is 0. The maximum absolute atomic E-state index is 11.6. The third-order valence-electron chi connectivity index (χ3n) is 3.54. The monoisotopic (exact) mass is 247 g/mol. The highest BCUT2D eigenvalue weighted by Crippen LogP contribution is 2.36. The summed E-state index contributed by atoms with van der Waals surface area (Å²) in [4.78, 5) is 11.6. The zero-order valence-corrected chi connectivity index (χ0v) is 10.2. The van der Waals surface area contributed by atoms with Gasteiger partial charge in [0.25, 0.3) is 0 Å². The van der Waals surface area contributed by atoms with Crippen molar-refractivity contribution in [2.24, 2.45) is 0 Å². The number of ether oxygens (including phenoxy) is 2. The molecule has 0 bridgehead atoms. The van der Waals surface area contributed by atoms with Crippen LogP contribution in [-0.4, -0.2) is 24.3 Å². The van der Waals surface area contributed by atoms with Gasteiger partial charge in [-0.05, 0) is 24.8 Å². The molecule has 18 heavy (non-hydrogen) atoms. The van der Waals surface area contributed by atoms with Crippen LogP contribution in [0.1, 0.15) is 24.8 Å². The quantitative estimate of drug-likeness (QED) is 0.833. The minimum atomic E-state index is -0.331. The molecule has 3 atom stereocenters. The maximum Gasteiger partial charge on any atom is 0.407 e. The lowest BCUT2D eigenvalue weighted by Crippen LogP contribution is -2.38. The number of alkyl carbamates (subject to hydrolysis) is 1. The van der Waals surface area contributed by atoms with Gasteiger partial charge in [0, 0.05) is 6.04 Å². The molecule has 1 N–H and O–H groups in total. The molecule has 0 radical (unpaired) electrons. The highest BCUT2D eigenvalue weighted by Gasteiger charge is 2.44. The number of rotatable bonds is 3. The smallest absolute Gasteiger partial charge is 0.407 e. The predicted molar refractivity (Wildman–Crippen MR) is 66.1 cm³/mol. The first-order valence-corrected chi connectivity index (χ1v) is 6.44. The Hall–Kier alpha value is -1.55. The molecule has 1 aliphatic carbocycles. The summed E-state index contributed by atoms with van der Waals surface area (Å²) in [5, 5.41) is 2.91. The number of amides is 1. The third-order valence-corrected chi connectivity index (χ3v) is 3.54. The van der Waals surface area contributed by atoms with Crippen molar-refractivity contribution in [1.82, 2.24) is 5.32 Å². The summed E-state index contributed by atoms with van der Waals surface area (Å²) in [5.41, 5.74) is 1.00. The topological polar surface area (TPSA) is 50.9 Å². The Morgan fingerprint density at radius 2 is 2.11 bits per heavy atom. The molecule has 0 spiro atoms. The van der Waals surface area contributed by atoms with E-state index in [-0.39, 0.29) is 12.1 Å². The van der Waals surface area contributed by atoms with Gasteiger partial charge in [-0.3, -0.25) is 0 Å². The number of carbonyl (C=O) groups is 1. The SMILES string of the molecule is O=C(N[C@@H]1CC[C@H]2O[C@H]2C1)OCc1ccccc1. The lowest BCUT2D eigenvalue weighted by Gasteiger charge is -2.19. The van der Waals surface area contributed by atoms with Crippen LogP contribution in [0, 0.1) is 0 Å². The fraction of sp³-hybridized carbons (Fsp3) is 0.500. The van der Waals surface area contributed by atoms with Crippen LogP contribution in [0.5, 0.6) is 0 Å². The second kappa shape index (κ2) is 4.98. The Morgan fingerprint density at radius 1 is 1.28 bits per heavy atom.